The van der Waals surface area contributed by atoms with Crippen LogP contribution in [0.4, 0.5) is 8.78 Å². The molecule has 0 amide bonds. The number of benzene rings is 1. The minimum Gasteiger partial charge on any atom is -0.396 e. The first-order valence-electron chi connectivity index (χ1n) is 7.17. The molecular formula is C15H22F2N2O. The molecule has 1 aliphatic heterocycles. The summed E-state index contributed by atoms with van der Waals surface area (Å²) >= 11 is 0. The van der Waals surface area contributed by atoms with Gasteiger partial charge in [0.05, 0.1) is 0 Å². The van der Waals surface area contributed by atoms with Crippen LogP contribution in [-0.2, 0) is 6.54 Å². The molecule has 0 aromatic heterocycles. The molecule has 1 atom stereocenters. The van der Waals surface area contributed by atoms with Crippen LogP contribution >= 0.6 is 0 Å². The fourth-order valence-electron chi connectivity index (χ4n) is 2.62. The summed E-state index contributed by atoms with van der Waals surface area (Å²) in [5.41, 5.74) is 0.746. The van der Waals surface area contributed by atoms with Crippen molar-refractivity contribution in [3.8, 4) is 0 Å². The van der Waals surface area contributed by atoms with Gasteiger partial charge in [0.15, 0.2) is 11.6 Å². The minimum atomic E-state index is -0.808. The molecule has 0 bridgehead atoms. The predicted molar refractivity (Wildman–Crippen MR) is 74.3 cm³/mol. The average molecular weight is 284 g/mol. The van der Waals surface area contributed by atoms with E-state index in [4.69, 9.17) is 5.11 Å². The molecule has 3 nitrogen and oxygen atoms in total. The predicted octanol–water partition coefficient (Wildman–Crippen LogP) is 1.76. The van der Waals surface area contributed by atoms with E-state index in [-0.39, 0.29) is 6.61 Å². The van der Waals surface area contributed by atoms with Crippen molar-refractivity contribution < 1.29 is 13.9 Å². The van der Waals surface area contributed by atoms with Gasteiger partial charge in [-0.1, -0.05) is 6.07 Å². The van der Waals surface area contributed by atoms with Crippen LogP contribution in [-0.4, -0.2) is 42.8 Å². The maximum absolute atomic E-state index is 13.0. The summed E-state index contributed by atoms with van der Waals surface area (Å²) in [6, 6.07) is 3.97. The van der Waals surface area contributed by atoms with Crippen LogP contribution in [0.15, 0.2) is 18.2 Å². The highest BCUT2D eigenvalue weighted by molar-refractivity contribution is 5.17. The van der Waals surface area contributed by atoms with Gasteiger partial charge < -0.3 is 15.3 Å². The van der Waals surface area contributed by atoms with Crippen LogP contribution in [0.3, 0.4) is 0 Å². The number of aliphatic hydroxyl groups is 1. The number of rotatable bonds is 6. The van der Waals surface area contributed by atoms with Gasteiger partial charge in [0, 0.05) is 32.8 Å². The smallest absolute Gasteiger partial charge is 0.159 e. The Balaban J connectivity index is 1.67. The molecule has 112 valence electrons. The summed E-state index contributed by atoms with van der Waals surface area (Å²) in [6.45, 7) is 4.54. The first-order chi connectivity index (χ1) is 9.69. The molecule has 0 aliphatic carbocycles. The number of piperidine rings is 1. The van der Waals surface area contributed by atoms with E-state index in [1.807, 2.05) is 0 Å². The third-order valence-electron chi connectivity index (χ3n) is 3.78. The number of hydrogen-bond donors (Lipinski definition) is 2. The Morgan fingerprint density at radius 2 is 2.15 bits per heavy atom. The van der Waals surface area contributed by atoms with E-state index in [0.717, 1.165) is 50.7 Å². The number of nitrogens with one attached hydrogen (secondary N) is 1. The molecule has 1 aromatic carbocycles. The van der Waals surface area contributed by atoms with Gasteiger partial charge in [-0.25, -0.2) is 8.78 Å². The largest absolute Gasteiger partial charge is 0.396 e. The SMILES string of the molecule is OCC1CCCN(CCNCc2ccc(F)c(F)c2)C1. The van der Waals surface area contributed by atoms with Crippen molar-refractivity contribution in [2.45, 2.75) is 19.4 Å². The molecule has 1 unspecified atom stereocenters. The number of hydrogen-bond acceptors (Lipinski definition) is 3. The van der Waals surface area contributed by atoms with Crippen molar-refractivity contribution in [1.29, 1.82) is 0 Å². The zero-order valence-electron chi connectivity index (χ0n) is 11.6. The maximum Gasteiger partial charge on any atom is 0.159 e. The van der Waals surface area contributed by atoms with Crippen LogP contribution in [0.1, 0.15) is 18.4 Å². The minimum absolute atomic E-state index is 0.263. The third-order valence-corrected chi connectivity index (χ3v) is 3.78. The molecule has 20 heavy (non-hydrogen) atoms. The highest BCUT2D eigenvalue weighted by atomic mass is 19.2. The van der Waals surface area contributed by atoms with Crippen molar-refractivity contribution in [3.05, 3.63) is 35.4 Å². The molecule has 0 saturated carbocycles. The monoisotopic (exact) mass is 284 g/mol. The lowest BCUT2D eigenvalue weighted by Gasteiger charge is -2.31. The second kappa shape index (κ2) is 7.67. The van der Waals surface area contributed by atoms with Gasteiger partial charge in [-0.2, -0.15) is 0 Å². The highest BCUT2D eigenvalue weighted by Gasteiger charge is 2.18. The molecule has 5 heteroatoms. The van der Waals surface area contributed by atoms with E-state index >= 15 is 0 Å². The number of likely N-dealkylation sites (tertiary alicyclic amines) is 1. The zero-order valence-corrected chi connectivity index (χ0v) is 11.6. The van der Waals surface area contributed by atoms with Gasteiger partial charge >= 0.3 is 0 Å². The van der Waals surface area contributed by atoms with E-state index < -0.39 is 11.6 Å². The van der Waals surface area contributed by atoms with Gasteiger partial charge in [0.2, 0.25) is 0 Å². The third kappa shape index (κ3) is 4.51. The first kappa shape index (κ1) is 15.4. The fourth-order valence-corrected chi connectivity index (χ4v) is 2.62. The van der Waals surface area contributed by atoms with E-state index in [1.165, 1.54) is 6.07 Å². The van der Waals surface area contributed by atoms with Crippen LogP contribution in [0.2, 0.25) is 0 Å². The summed E-state index contributed by atoms with van der Waals surface area (Å²) in [5, 5.41) is 12.4. The Bertz CT molecular complexity index is 428. The van der Waals surface area contributed by atoms with Crippen LogP contribution < -0.4 is 5.32 Å². The summed E-state index contributed by atoms with van der Waals surface area (Å²) < 4.78 is 25.8. The second-order valence-corrected chi connectivity index (χ2v) is 5.42. The Kier molecular flexibility index (Phi) is 5.88. The lowest BCUT2D eigenvalue weighted by Crippen LogP contribution is -2.40. The lowest BCUT2D eigenvalue weighted by molar-refractivity contribution is 0.121. The molecular weight excluding hydrogens is 262 g/mol. The summed E-state index contributed by atoms with van der Waals surface area (Å²) in [7, 11) is 0. The first-order valence-corrected chi connectivity index (χ1v) is 7.17. The fraction of sp³-hybridized carbons (Fsp3) is 0.600. The summed E-state index contributed by atoms with van der Waals surface area (Å²) in [6.07, 6.45) is 2.24. The van der Waals surface area contributed by atoms with Gasteiger partial charge in [0.1, 0.15) is 0 Å². The number of nitrogens with zero attached hydrogens (tertiary/aromatic N) is 1. The standard InChI is InChI=1S/C15H22F2N2O/c16-14-4-3-12(8-15(14)17)9-18-5-7-19-6-1-2-13(10-19)11-20/h3-4,8,13,18,20H,1-2,5-7,9-11H2. The Hall–Kier alpha value is -1.04. The van der Waals surface area contributed by atoms with Crippen molar-refractivity contribution in [2.75, 3.05) is 32.8 Å². The molecule has 2 N–H and O–H groups in total. The van der Waals surface area contributed by atoms with E-state index in [1.54, 1.807) is 6.07 Å². The Morgan fingerprint density at radius 1 is 1.30 bits per heavy atom. The Labute approximate surface area is 118 Å². The van der Waals surface area contributed by atoms with Crippen LogP contribution in [0.25, 0.3) is 0 Å². The van der Waals surface area contributed by atoms with E-state index in [2.05, 4.69) is 10.2 Å². The molecule has 1 heterocycles. The van der Waals surface area contributed by atoms with E-state index in [9.17, 15) is 8.78 Å². The zero-order chi connectivity index (χ0) is 14.4. The lowest BCUT2D eigenvalue weighted by atomic mass is 9.99. The van der Waals surface area contributed by atoms with Crippen molar-refractivity contribution >= 4 is 0 Å². The van der Waals surface area contributed by atoms with Crippen molar-refractivity contribution in [2.24, 2.45) is 5.92 Å². The quantitative estimate of drug-likeness (QED) is 0.781. The number of halogens is 2. The molecule has 0 radical (unpaired) electrons. The molecule has 1 saturated heterocycles. The van der Waals surface area contributed by atoms with Gasteiger partial charge in [-0.15, -0.1) is 0 Å². The van der Waals surface area contributed by atoms with Crippen molar-refractivity contribution in [1.82, 2.24) is 10.2 Å². The molecule has 2 rings (SSSR count). The van der Waals surface area contributed by atoms with Gasteiger partial charge in [-0.05, 0) is 43.0 Å². The van der Waals surface area contributed by atoms with E-state index in [0.29, 0.717) is 12.5 Å². The normalized spacial score (nSPS) is 20.2. The topological polar surface area (TPSA) is 35.5 Å². The van der Waals surface area contributed by atoms with Crippen molar-refractivity contribution in [3.63, 3.8) is 0 Å². The summed E-state index contributed by atoms with van der Waals surface area (Å²) in [4.78, 5) is 2.34. The van der Waals surface area contributed by atoms with Crippen LogP contribution in [0, 0.1) is 17.6 Å². The molecule has 1 fully saturated rings. The molecule has 0 spiro atoms. The molecule has 1 aromatic rings. The molecule has 1 aliphatic rings. The Morgan fingerprint density at radius 3 is 2.90 bits per heavy atom. The van der Waals surface area contributed by atoms with Gasteiger partial charge in [0.25, 0.3) is 0 Å². The summed E-state index contributed by atoms with van der Waals surface area (Å²) in [5.74, 6) is -1.21. The van der Waals surface area contributed by atoms with Gasteiger partial charge in [-0.3, -0.25) is 0 Å². The van der Waals surface area contributed by atoms with Crippen LogP contribution in [0.5, 0.6) is 0 Å². The number of aliphatic hydroxyl groups excluding tert-OH is 1. The average Bonchev–Trinajstić information content (AvgIpc) is 2.47. The maximum atomic E-state index is 13.0. The second-order valence-electron chi connectivity index (χ2n) is 5.42. The highest BCUT2D eigenvalue weighted by Crippen LogP contribution is 2.15.